The fourth-order valence-corrected chi connectivity index (χ4v) is 2.02. The Kier molecular flexibility index (Phi) is 6.21. The van der Waals surface area contributed by atoms with E-state index in [1.807, 2.05) is 19.9 Å². The molecule has 5 nitrogen and oxygen atoms in total. The van der Waals surface area contributed by atoms with Crippen molar-refractivity contribution in [2.75, 3.05) is 7.11 Å². The molecule has 0 saturated heterocycles. The Bertz CT molecular complexity index is 501. The first kappa shape index (κ1) is 17.0. The maximum Gasteiger partial charge on any atom is 0.326 e. The molecule has 5 heteroatoms. The lowest BCUT2D eigenvalue weighted by Crippen LogP contribution is -2.46. The van der Waals surface area contributed by atoms with Crippen LogP contribution in [0.5, 0.6) is 5.75 Å². The minimum Gasteiger partial charge on any atom is -0.497 e. The van der Waals surface area contributed by atoms with Crippen LogP contribution >= 0.6 is 0 Å². The molecule has 1 aromatic carbocycles. The van der Waals surface area contributed by atoms with Crippen LogP contribution in [-0.2, 0) is 9.59 Å². The van der Waals surface area contributed by atoms with Gasteiger partial charge in [0.05, 0.1) is 13.0 Å². The van der Waals surface area contributed by atoms with E-state index in [1.54, 1.807) is 32.2 Å². The average molecular weight is 293 g/mol. The number of benzene rings is 1. The van der Waals surface area contributed by atoms with Crippen molar-refractivity contribution < 1.29 is 19.4 Å². The van der Waals surface area contributed by atoms with Crippen LogP contribution < -0.4 is 10.1 Å². The summed E-state index contributed by atoms with van der Waals surface area (Å²) in [5, 5.41) is 11.8. The highest BCUT2D eigenvalue weighted by Crippen LogP contribution is 2.21. The molecule has 21 heavy (non-hydrogen) atoms. The van der Waals surface area contributed by atoms with Gasteiger partial charge in [0.2, 0.25) is 5.91 Å². The highest BCUT2D eigenvalue weighted by Gasteiger charge is 2.27. The number of rotatable bonds is 7. The summed E-state index contributed by atoms with van der Waals surface area (Å²) in [5.41, 5.74) is 0.792. The number of aliphatic carboxylic acids is 1. The minimum atomic E-state index is -1.00. The lowest BCUT2D eigenvalue weighted by molar-refractivity contribution is -0.143. The quantitative estimate of drug-likeness (QED) is 0.809. The first-order chi connectivity index (χ1) is 9.90. The van der Waals surface area contributed by atoms with Gasteiger partial charge in [-0.3, -0.25) is 4.79 Å². The zero-order chi connectivity index (χ0) is 16.0. The maximum atomic E-state index is 12.3. The van der Waals surface area contributed by atoms with E-state index in [1.165, 1.54) is 0 Å². The van der Waals surface area contributed by atoms with Gasteiger partial charge in [-0.05, 0) is 30.5 Å². The molecule has 1 rings (SSSR count). The van der Waals surface area contributed by atoms with Crippen molar-refractivity contribution in [2.45, 2.75) is 39.2 Å². The van der Waals surface area contributed by atoms with Crippen molar-refractivity contribution in [1.82, 2.24) is 5.32 Å². The molecule has 0 aromatic heterocycles. The van der Waals surface area contributed by atoms with Gasteiger partial charge in [-0.25, -0.2) is 4.79 Å². The van der Waals surface area contributed by atoms with E-state index in [0.717, 1.165) is 5.56 Å². The molecule has 0 saturated carbocycles. The van der Waals surface area contributed by atoms with E-state index >= 15 is 0 Å². The number of carbonyl (C=O) groups excluding carboxylic acids is 1. The van der Waals surface area contributed by atoms with Crippen LogP contribution in [0, 0.1) is 5.92 Å². The molecule has 0 aliphatic rings. The van der Waals surface area contributed by atoms with E-state index < -0.39 is 17.9 Å². The van der Waals surface area contributed by atoms with Gasteiger partial charge < -0.3 is 15.2 Å². The third kappa shape index (κ3) is 4.48. The fourth-order valence-electron chi connectivity index (χ4n) is 2.02. The van der Waals surface area contributed by atoms with Gasteiger partial charge in [0.15, 0.2) is 0 Å². The van der Waals surface area contributed by atoms with Crippen LogP contribution in [-0.4, -0.2) is 30.1 Å². The lowest BCUT2D eigenvalue weighted by atomic mass is 9.96. The molecule has 1 amide bonds. The third-order valence-electron chi connectivity index (χ3n) is 3.76. The van der Waals surface area contributed by atoms with Crippen LogP contribution in [0.25, 0.3) is 0 Å². The van der Waals surface area contributed by atoms with E-state index in [0.29, 0.717) is 12.2 Å². The number of carboxylic acids is 1. The monoisotopic (exact) mass is 293 g/mol. The van der Waals surface area contributed by atoms with Crippen molar-refractivity contribution in [3.63, 3.8) is 0 Å². The van der Waals surface area contributed by atoms with Crippen LogP contribution in [0.1, 0.15) is 38.7 Å². The maximum absolute atomic E-state index is 12.3. The molecular weight excluding hydrogens is 270 g/mol. The summed E-state index contributed by atoms with van der Waals surface area (Å²) >= 11 is 0. The SMILES string of the molecule is CC[C@H](C)[C@H](NC(=O)C(C)c1cccc(OC)c1)C(=O)O. The third-order valence-corrected chi connectivity index (χ3v) is 3.76. The summed E-state index contributed by atoms with van der Waals surface area (Å²) in [6, 6.07) is 6.35. The van der Waals surface area contributed by atoms with Gasteiger partial charge in [0, 0.05) is 0 Å². The molecule has 0 fully saturated rings. The number of carboxylic acid groups (broad SMARTS) is 1. The van der Waals surface area contributed by atoms with Gasteiger partial charge >= 0.3 is 5.97 Å². The summed E-state index contributed by atoms with van der Waals surface area (Å²) < 4.78 is 5.13. The Morgan fingerprint density at radius 1 is 1.33 bits per heavy atom. The first-order valence-corrected chi connectivity index (χ1v) is 7.07. The topological polar surface area (TPSA) is 75.6 Å². The molecule has 0 heterocycles. The first-order valence-electron chi connectivity index (χ1n) is 7.07. The number of amides is 1. The Balaban J connectivity index is 2.83. The van der Waals surface area contributed by atoms with E-state index in [4.69, 9.17) is 4.74 Å². The molecule has 2 N–H and O–H groups in total. The average Bonchev–Trinajstić information content (AvgIpc) is 2.50. The van der Waals surface area contributed by atoms with Gasteiger partial charge in [0.1, 0.15) is 11.8 Å². The predicted molar refractivity (Wildman–Crippen MR) is 80.4 cm³/mol. The van der Waals surface area contributed by atoms with E-state index in [-0.39, 0.29) is 11.8 Å². The van der Waals surface area contributed by atoms with Crippen LogP contribution in [0.3, 0.4) is 0 Å². The molecule has 1 aromatic rings. The standard InChI is InChI=1S/C16H23NO4/c1-5-10(2)14(16(19)20)17-15(18)11(3)12-7-6-8-13(9-12)21-4/h6-11,14H,5H2,1-4H3,(H,17,18)(H,19,20)/t10-,11?,14-/m0/s1. The Labute approximate surface area is 125 Å². The molecule has 0 bridgehead atoms. The number of hydrogen-bond donors (Lipinski definition) is 2. The molecule has 1 unspecified atom stereocenters. The molecular formula is C16H23NO4. The molecule has 0 radical (unpaired) electrons. The summed E-state index contributed by atoms with van der Waals surface area (Å²) in [7, 11) is 1.56. The lowest BCUT2D eigenvalue weighted by Gasteiger charge is -2.22. The second-order valence-corrected chi connectivity index (χ2v) is 5.21. The number of carbonyl (C=O) groups is 2. The normalized spacial score (nSPS) is 14.9. The van der Waals surface area contributed by atoms with Crippen molar-refractivity contribution in [3.8, 4) is 5.75 Å². The van der Waals surface area contributed by atoms with Crippen molar-refractivity contribution >= 4 is 11.9 Å². The van der Waals surface area contributed by atoms with E-state index in [9.17, 15) is 14.7 Å². The molecule has 116 valence electrons. The van der Waals surface area contributed by atoms with Gasteiger partial charge in [0.25, 0.3) is 0 Å². The predicted octanol–water partition coefficient (Wildman–Crippen LogP) is 2.41. The van der Waals surface area contributed by atoms with Gasteiger partial charge in [-0.2, -0.15) is 0 Å². The Morgan fingerprint density at radius 3 is 2.52 bits per heavy atom. The van der Waals surface area contributed by atoms with Gasteiger partial charge in [-0.15, -0.1) is 0 Å². The Morgan fingerprint density at radius 2 is 2.00 bits per heavy atom. The molecule has 0 aliphatic carbocycles. The summed E-state index contributed by atoms with van der Waals surface area (Å²) in [4.78, 5) is 23.5. The van der Waals surface area contributed by atoms with Crippen molar-refractivity contribution in [1.29, 1.82) is 0 Å². The summed E-state index contributed by atoms with van der Waals surface area (Å²) in [5.74, 6) is -1.19. The zero-order valence-corrected chi connectivity index (χ0v) is 12.9. The highest BCUT2D eigenvalue weighted by atomic mass is 16.5. The smallest absolute Gasteiger partial charge is 0.326 e. The minimum absolute atomic E-state index is 0.121. The fraction of sp³-hybridized carbons (Fsp3) is 0.500. The molecule has 3 atom stereocenters. The van der Waals surface area contributed by atoms with Crippen LogP contribution in [0.15, 0.2) is 24.3 Å². The second-order valence-electron chi connectivity index (χ2n) is 5.21. The van der Waals surface area contributed by atoms with Gasteiger partial charge in [-0.1, -0.05) is 32.4 Å². The summed E-state index contributed by atoms with van der Waals surface area (Å²) in [6.07, 6.45) is 0.685. The zero-order valence-electron chi connectivity index (χ0n) is 12.9. The van der Waals surface area contributed by atoms with Crippen molar-refractivity contribution in [3.05, 3.63) is 29.8 Å². The van der Waals surface area contributed by atoms with Crippen LogP contribution in [0.2, 0.25) is 0 Å². The molecule has 0 spiro atoms. The number of hydrogen-bond acceptors (Lipinski definition) is 3. The number of methoxy groups -OCH3 is 1. The highest BCUT2D eigenvalue weighted by molar-refractivity contribution is 5.88. The molecule has 0 aliphatic heterocycles. The summed E-state index contributed by atoms with van der Waals surface area (Å²) in [6.45, 7) is 5.47. The van der Waals surface area contributed by atoms with Crippen molar-refractivity contribution in [2.24, 2.45) is 5.92 Å². The number of nitrogens with one attached hydrogen (secondary N) is 1. The van der Waals surface area contributed by atoms with E-state index in [2.05, 4.69) is 5.32 Å². The Hall–Kier alpha value is -2.04. The van der Waals surface area contributed by atoms with Crippen LogP contribution in [0.4, 0.5) is 0 Å². The largest absolute Gasteiger partial charge is 0.497 e. The second kappa shape index (κ2) is 7.67. The number of ether oxygens (including phenoxy) is 1.